The van der Waals surface area contributed by atoms with Gasteiger partial charge in [-0.2, -0.15) is 0 Å². The molecule has 0 radical (unpaired) electrons. The van der Waals surface area contributed by atoms with Crippen molar-refractivity contribution in [3.8, 4) is 0 Å². The number of β-amino-alcohol motifs (C(OH)–C–C–N with tert-alkyl or cyclic N) is 1. The van der Waals surface area contributed by atoms with Crippen molar-refractivity contribution in [2.45, 2.75) is 12.0 Å². The van der Waals surface area contributed by atoms with Crippen LogP contribution in [-0.2, 0) is 0 Å². The molecule has 1 saturated heterocycles. The minimum Gasteiger partial charge on any atom is -0.381 e. The van der Waals surface area contributed by atoms with Gasteiger partial charge in [0.2, 0.25) is 0 Å². The fourth-order valence-corrected chi connectivity index (χ4v) is 1.03. The Bertz CT molecular complexity index is 112. The normalized spacial score (nSPS) is 26.3. The van der Waals surface area contributed by atoms with Gasteiger partial charge in [-0.25, -0.2) is 8.78 Å². The molecular formula is C5H9F2NO. The smallest absolute Gasteiger partial charge is 0.269 e. The molecular weight excluding hydrogens is 128 g/mol. The molecule has 54 valence electrons. The van der Waals surface area contributed by atoms with Crippen molar-refractivity contribution in [1.29, 1.82) is 0 Å². The molecule has 9 heavy (non-hydrogen) atoms. The summed E-state index contributed by atoms with van der Waals surface area (Å²) in [5, 5.41) is 8.87. The summed E-state index contributed by atoms with van der Waals surface area (Å²) in [4.78, 5) is 1.64. The van der Waals surface area contributed by atoms with Gasteiger partial charge in [0.05, 0.1) is 0 Å². The van der Waals surface area contributed by atoms with Crippen LogP contribution in [0.3, 0.4) is 0 Å². The SMILES string of the molecule is CN1CC(O)(C(F)F)C1. The molecule has 0 aliphatic carbocycles. The third-order valence-corrected chi connectivity index (χ3v) is 1.49. The van der Waals surface area contributed by atoms with E-state index in [1.807, 2.05) is 0 Å². The molecule has 0 atom stereocenters. The molecule has 4 heteroatoms. The lowest BCUT2D eigenvalue weighted by molar-refractivity contribution is -0.172. The zero-order chi connectivity index (χ0) is 7.07. The fraction of sp³-hybridized carbons (Fsp3) is 1.00. The maximum atomic E-state index is 11.8. The van der Waals surface area contributed by atoms with Crippen LogP contribution in [0.25, 0.3) is 0 Å². The van der Waals surface area contributed by atoms with Gasteiger partial charge in [0.15, 0.2) is 5.60 Å². The summed E-state index contributed by atoms with van der Waals surface area (Å²) < 4.78 is 23.5. The standard InChI is InChI=1S/C5H9F2NO/c1-8-2-5(9,3-8)4(6)7/h4,9H,2-3H2,1H3. The number of nitrogens with zero attached hydrogens (tertiary/aromatic N) is 1. The van der Waals surface area contributed by atoms with E-state index in [-0.39, 0.29) is 13.1 Å². The lowest BCUT2D eigenvalue weighted by Gasteiger charge is -2.43. The van der Waals surface area contributed by atoms with Crippen molar-refractivity contribution >= 4 is 0 Å². The maximum Gasteiger partial charge on any atom is 0.269 e. The van der Waals surface area contributed by atoms with Gasteiger partial charge in [0.25, 0.3) is 6.43 Å². The Morgan fingerprint density at radius 2 is 2.00 bits per heavy atom. The summed E-state index contributed by atoms with van der Waals surface area (Å²) >= 11 is 0. The highest BCUT2D eigenvalue weighted by atomic mass is 19.3. The maximum absolute atomic E-state index is 11.8. The molecule has 1 aliphatic rings. The van der Waals surface area contributed by atoms with E-state index in [0.717, 1.165) is 0 Å². The third kappa shape index (κ3) is 1.04. The zero-order valence-corrected chi connectivity index (χ0v) is 5.14. The Hall–Kier alpha value is -0.220. The van der Waals surface area contributed by atoms with Crippen LogP contribution >= 0.6 is 0 Å². The molecule has 0 spiro atoms. The van der Waals surface area contributed by atoms with Gasteiger partial charge < -0.3 is 10.0 Å². The van der Waals surface area contributed by atoms with Crippen LogP contribution < -0.4 is 0 Å². The average Bonchev–Trinajstić information content (AvgIpc) is 1.62. The van der Waals surface area contributed by atoms with E-state index in [1.54, 1.807) is 11.9 Å². The molecule has 1 rings (SSSR count). The van der Waals surface area contributed by atoms with E-state index in [9.17, 15) is 8.78 Å². The summed E-state index contributed by atoms with van der Waals surface area (Å²) in [6.07, 6.45) is -2.60. The zero-order valence-electron chi connectivity index (χ0n) is 5.14. The first-order valence-corrected chi connectivity index (χ1v) is 2.74. The Kier molecular flexibility index (Phi) is 1.44. The van der Waals surface area contributed by atoms with Gasteiger partial charge >= 0.3 is 0 Å². The summed E-state index contributed by atoms with van der Waals surface area (Å²) in [5.41, 5.74) is -1.71. The van der Waals surface area contributed by atoms with Crippen LogP contribution in [0, 0.1) is 0 Å². The largest absolute Gasteiger partial charge is 0.381 e. The lowest BCUT2D eigenvalue weighted by Crippen LogP contribution is -2.64. The topological polar surface area (TPSA) is 23.5 Å². The second kappa shape index (κ2) is 1.88. The predicted octanol–water partition coefficient (Wildman–Crippen LogP) is -0.0720. The van der Waals surface area contributed by atoms with Crippen LogP contribution in [0.5, 0.6) is 0 Å². The summed E-state index contributed by atoms with van der Waals surface area (Å²) in [5.74, 6) is 0. The first-order chi connectivity index (χ1) is 4.04. The van der Waals surface area contributed by atoms with Crippen LogP contribution in [0.4, 0.5) is 8.78 Å². The molecule has 0 aromatic heterocycles. The number of likely N-dealkylation sites (N-methyl/N-ethyl adjacent to an activating group) is 1. The Morgan fingerprint density at radius 1 is 1.56 bits per heavy atom. The van der Waals surface area contributed by atoms with E-state index >= 15 is 0 Å². The van der Waals surface area contributed by atoms with Crippen LogP contribution in [-0.4, -0.2) is 42.2 Å². The molecule has 0 unspecified atom stereocenters. The molecule has 2 nitrogen and oxygen atoms in total. The monoisotopic (exact) mass is 137 g/mol. The molecule has 0 amide bonds. The Balaban J connectivity index is 2.40. The minimum atomic E-state index is -2.60. The Labute approximate surface area is 52.1 Å². The van der Waals surface area contributed by atoms with Gasteiger partial charge in [-0.05, 0) is 7.05 Å². The number of hydrogen-bond acceptors (Lipinski definition) is 2. The molecule has 1 aliphatic heterocycles. The average molecular weight is 137 g/mol. The van der Waals surface area contributed by atoms with Crippen molar-refractivity contribution in [2.24, 2.45) is 0 Å². The summed E-state index contributed by atoms with van der Waals surface area (Å²) in [7, 11) is 1.69. The quantitative estimate of drug-likeness (QED) is 0.546. The van der Waals surface area contributed by atoms with Gasteiger partial charge in [-0.1, -0.05) is 0 Å². The number of halogens is 2. The molecule has 1 N–H and O–H groups in total. The molecule has 0 aromatic rings. The minimum absolute atomic E-state index is 0.0880. The first kappa shape index (κ1) is 6.89. The highest BCUT2D eigenvalue weighted by Crippen LogP contribution is 2.25. The van der Waals surface area contributed by atoms with Crippen LogP contribution in [0.15, 0.2) is 0 Å². The van der Waals surface area contributed by atoms with Crippen molar-refractivity contribution in [1.82, 2.24) is 4.90 Å². The van der Waals surface area contributed by atoms with Crippen molar-refractivity contribution in [3.63, 3.8) is 0 Å². The molecule has 0 bridgehead atoms. The van der Waals surface area contributed by atoms with E-state index in [4.69, 9.17) is 5.11 Å². The number of aliphatic hydroxyl groups is 1. The third-order valence-electron chi connectivity index (χ3n) is 1.49. The predicted molar refractivity (Wildman–Crippen MR) is 28.5 cm³/mol. The van der Waals surface area contributed by atoms with Crippen LogP contribution in [0.2, 0.25) is 0 Å². The molecule has 1 fully saturated rings. The highest BCUT2D eigenvalue weighted by Gasteiger charge is 2.47. The highest BCUT2D eigenvalue weighted by molar-refractivity contribution is 4.95. The van der Waals surface area contributed by atoms with Crippen LogP contribution in [0.1, 0.15) is 0 Å². The molecule has 0 aromatic carbocycles. The lowest BCUT2D eigenvalue weighted by atomic mass is 9.96. The molecule has 1 heterocycles. The second-order valence-corrected chi connectivity index (χ2v) is 2.58. The van der Waals surface area contributed by atoms with Crippen molar-refractivity contribution in [3.05, 3.63) is 0 Å². The Morgan fingerprint density at radius 3 is 2.11 bits per heavy atom. The van der Waals surface area contributed by atoms with Gasteiger partial charge in [0.1, 0.15) is 0 Å². The second-order valence-electron chi connectivity index (χ2n) is 2.58. The summed E-state index contributed by atoms with van der Waals surface area (Å²) in [6, 6.07) is 0. The van der Waals surface area contributed by atoms with E-state index < -0.39 is 12.0 Å². The van der Waals surface area contributed by atoms with Gasteiger partial charge in [-0.15, -0.1) is 0 Å². The fourth-order valence-electron chi connectivity index (χ4n) is 1.03. The van der Waals surface area contributed by atoms with E-state index in [1.165, 1.54) is 0 Å². The number of hydrogen-bond donors (Lipinski definition) is 1. The van der Waals surface area contributed by atoms with E-state index in [2.05, 4.69) is 0 Å². The van der Waals surface area contributed by atoms with Crippen molar-refractivity contribution < 1.29 is 13.9 Å². The molecule has 0 saturated carbocycles. The number of rotatable bonds is 1. The van der Waals surface area contributed by atoms with E-state index in [0.29, 0.717) is 0 Å². The number of likely N-dealkylation sites (tertiary alicyclic amines) is 1. The van der Waals surface area contributed by atoms with Crippen molar-refractivity contribution in [2.75, 3.05) is 20.1 Å². The van der Waals surface area contributed by atoms with Gasteiger partial charge in [-0.3, -0.25) is 0 Å². The summed E-state index contributed by atoms with van der Waals surface area (Å²) in [6.45, 7) is 0.176. The first-order valence-electron chi connectivity index (χ1n) is 2.74. The van der Waals surface area contributed by atoms with Gasteiger partial charge in [0, 0.05) is 13.1 Å². The number of alkyl halides is 2.